The summed E-state index contributed by atoms with van der Waals surface area (Å²) in [7, 11) is 1.83. The standard InChI is InChI=1S/C19H20N2O2/c1-3-14-9-10-17-15(13-23-18(17)11-14)12-19(22)20-21(2)16-7-5-4-6-8-16/h4-11,13H,3,12H2,1-2H3,(H,20,22). The second kappa shape index (κ2) is 6.57. The first-order chi connectivity index (χ1) is 11.2. The van der Waals surface area contributed by atoms with E-state index in [0.29, 0.717) is 0 Å². The van der Waals surface area contributed by atoms with Crippen LogP contribution in [0.1, 0.15) is 18.1 Å². The molecule has 118 valence electrons. The van der Waals surface area contributed by atoms with Crippen molar-refractivity contribution in [1.82, 2.24) is 5.43 Å². The lowest BCUT2D eigenvalue weighted by Gasteiger charge is -2.20. The van der Waals surface area contributed by atoms with Crippen LogP contribution >= 0.6 is 0 Å². The van der Waals surface area contributed by atoms with Gasteiger partial charge in [-0.3, -0.25) is 15.2 Å². The number of fused-ring (bicyclic) bond motifs is 1. The molecule has 3 rings (SSSR count). The normalized spacial score (nSPS) is 10.7. The second-order valence-electron chi connectivity index (χ2n) is 5.55. The van der Waals surface area contributed by atoms with Gasteiger partial charge >= 0.3 is 0 Å². The number of benzene rings is 2. The number of hydrogen-bond donors (Lipinski definition) is 1. The summed E-state index contributed by atoms with van der Waals surface area (Å²) in [6, 6.07) is 15.9. The Hall–Kier alpha value is -2.75. The van der Waals surface area contributed by atoms with Gasteiger partial charge in [-0.05, 0) is 30.2 Å². The molecular weight excluding hydrogens is 288 g/mol. The number of nitrogens with one attached hydrogen (secondary N) is 1. The number of rotatable bonds is 5. The first-order valence-electron chi connectivity index (χ1n) is 7.74. The van der Waals surface area contributed by atoms with Gasteiger partial charge in [0.05, 0.1) is 18.4 Å². The van der Waals surface area contributed by atoms with Gasteiger partial charge in [0.25, 0.3) is 0 Å². The number of amides is 1. The number of carbonyl (C=O) groups excluding carboxylic acids is 1. The fourth-order valence-electron chi connectivity index (χ4n) is 2.60. The van der Waals surface area contributed by atoms with Crippen molar-refractivity contribution in [2.45, 2.75) is 19.8 Å². The molecule has 0 saturated heterocycles. The van der Waals surface area contributed by atoms with Crippen molar-refractivity contribution in [3.8, 4) is 0 Å². The number of anilines is 1. The Morgan fingerprint density at radius 2 is 1.96 bits per heavy atom. The highest BCUT2D eigenvalue weighted by molar-refractivity contribution is 5.88. The zero-order valence-electron chi connectivity index (χ0n) is 13.4. The highest BCUT2D eigenvalue weighted by Gasteiger charge is 2.12. The molecule has 4 heteroatoms. The van der Waals surface area contributed by atoms with E-state index in [1.165, 1.54) is 5.56 Å². The van der Waals surface area contributed by atoms with Gasteiger partial charge in [0.15, 0.2) is 0 Å². The molecule has 1 amide bonds. The number of aryl methyl sites for hydroxylation is 1. The second-order valence-corrected chi connectivity index (χ2v) is 5.55. The number of furan rings is 1. The van der Waals surface area contributed by atoms with Crippen LogP contribution in [0.2, 0.25) is 0 Å². The van der Waals surface area contributed by atoms with Crippen LogP contribution in [0.5, 0.6) is 0 Å². The molecule has 0 spiro atoms. The highest BCUT2D eigenvalue weighted by atomic mass is 16.3. The Morgan fingerprint density at radius 3 is 2.70 bits per heavy atom. The molecule has 0 aliphatic rings. The molecular formula is C19H20N2O2. The summed E-state index contributed by atoms with van der Waals surface area (Å²) in [6.45, 7) is 2.11. The van der Waals surface area contributed by atoms with Gasteiger partial charge < -0.3 is 4.42 Å². The summed E-state index contributed by atoms with van der Waals surface area (Å²) in [5, 5.41) is 2.72. The summed E-state index contributed by atoms with van der Waals surface area (Å²) < 4.78 is 5.59. The van der Waals surface area contributed by atoms with E-state index in [1.54, 1.807) is 11.3 Å². The lowest BCUT2D eigenvalue weighted by atomic mass is 10.1. The number of nitrogens with zero attached hydrogens (tertiary/aromatic N) is 1. The molecule has 0 bridgehead atoms. The first kappa shape index (κ1) is 15.2. The van der Waals surface area contributed by atoms with Crippen LogP contribution in [0.15, 0.2) is 59.2 Å². The first-order valence-corrected chi connectivity index (χ1v) is 7.74. The average molecular weight is 308 g/mol. The van der Waals surface area contributed by atoms with Crippen LogP contribution in [0.3, 0.4) is 0 Å². The monoisotopic (exact) mass is 308 g/mol. The van der Waals surface area contributed by atoms with Crippen LogP contribution in [0.4, 0.5) is 5.69 Å². The smallest absolute Gasteiger partial charge is 0.243 e. The van der Waals surface area contributed by atoms with Crippen molar-refractivity contribution < 1.29 is 9.21 Å². The van der Waals surface area contributed by atoms with Gasteiger partial charge in [-0.25, -0.2) is 0 Å². The maximum absolute atomic E-state index is 12.3. The zero-order valence-corrected chi connectivity index (χ0v) is 13.4. The largest absolute Gasteiger partial charge is 0.464 e. The summed E-state index contributed by atoms with van der Waals surface area (Å²) in [4.78, 5) is 12.3. The maximum atomic E-state index is 12.3. The molecule has 1 N–H and O–H groups in total. The molecule has 0 aliphatic carbocycles. The van der Waals surface area contributed by atoms with E-state index < -0.39 is 0 Å². The summed E-state index contributed by atoms with van der Waals surface area (Å²) in [5.41, 5.74) is 6.78. The summed E-state index contributed by atoms with van der Waals surface area (Å²) in [6.07, 6.45) is 2.93. The molecule has 23 heavy (non-hydrogen) atoms. The molecule has 0 atom stereocenters. The van der Waals surface area contributed by atoms with Crippen LogP contribution in [0.25, 0.3) is 11.0 Å². The Morgan fingerprint density at radius 1 is 1.17 bits per heavy atom. The topological polar surface area (TPSA) is 45.5 Å². The Kier molecular flexibility index (Phi) is 4.33. The third kappa shape index (κ3) is 3.37. The van der Waals surface area contributed by atoms with Crippen molar-refractivity contribution in [2.24, 2.45) is 0 Å². The molecule has 2 aromatic carbocycles. The number of carbonyl (C=O) groups is 1. The molecule has 3 aromatic rings. The maximum Gasteiger partial charge on any atom is 0.243 e. The SMILES string of the molecule is CCc1ccc2c(CC(=O)NN(C)c3ccccc3)coc2c1. The van der Waals surface area contributed by atoms with E-state index in [2.05, 4.69) is 18.4 Å². The van der Waals surface area contributed by atoms with E-state index in [1.807, 2.05) is 49.5 Å². The zero-order chi connectivity index (χ0) is 16.2. The Balaban J connectivity index is 1.71. The van der Waals surface area contributed by atoms with Gasteiger partial charge in [0.2, 0.25) is 5.91 Å². The molecule has 1 heterocycles. The third-order valence-electron chi connectivity index (χ3n) is 3.92. The van der Waals surface area contributed by atoms with Gasteiger partial charge in [-0.2, -0.15) is 0 Å². The quantitative estimate of drug-likeness (QED) is 0.731. The minimum Gasteiger partial charge on any atom is -0.464 e. The lowest BCUT2D eigenvalue weighted by Crippen LogP contribution is -2.40. The van der Waals surface area contributed by atoms with Crippen LogP contribution < -0.4 is 10.4 Å². The molecule has 0 radical (unpaired) electrons. The van der Waals surface area contributed by atoms with Crippen molar-refractivity contribution in [3.63, 3.8) is 0 Å². The molecule has 1 aromatic heterocycles. The van der Waals surface area contributed by atoms with Crippen LogP contribution in [0, 0.1) is 0 Å². The predicted molar refractivity (Wildman–Crippen MR) is 92.3 cm³/mol. The lowest BCUT2D eigenvalue weighted by molar-refractivity contribution is -0.120. The number of para-hydroxylation sites is 1. The van der Waals surface area contributed by atoms with Gasteiger partial charge in [0.1, 0.15) is 5.58 Å². The molecule has 0 fully saturated rings. The minimum absolute atomic E-state index is 0.0707. The third-order valence-corrected chi connectivity index (χ3v) is 3.92. The molecule has 0 aliphatic heterocycles. The fraction of sp³-hybridized carbons (Fsp3) is 0.211. The van der Waals surface area contributed by atoms with E-state index >= 15 is 0 Å². The van der Waals surface area contributed by atoms with Crippen molar-refractivity contribution in [3.05, 3.63) is 65.9 Å². The molecule has 4 nitrogen and oxygen atoms in total. The number of hydrogen-bond acceptors (Lipinski definition) is 3. The number of hydrazine groups is 1. The van der Waals surface area contributed by atoms with Crippen LogP contribution in [-0.2, 0) is 17.6 Å². The van der Waals surface area contributed by atoms with E-state index in [0.717, 1.165) is 28.6 Å². The summed E-state index contributed by atoms with van der Waals surface area (Å²) >= 11 is 0. The van der Waals surface area contributed by atoms with Crippen molar-refractivity contribution in [2.75, 3.05) is 12.1 Å². The van der Waals surface area contributed by atoms with Crippen LogP contribution in [-0.4, -0.2) is 13.0 Å². The predicted octanol–water partition coefficient (Wildman–Crippen LogP) is 3.71. The molecule has 0 saturated carbocycles. The Bertz CT molecular complexity index is 809. The van der Waals surface area contributed by atoms with Crippen molar-refractivity contribution >= 4 is 22.6 Å². The summed E-state index contributed by atoms with van der Waals surface area (Å²) in [5.74, 6) is -0.0707. The Labute approximate surface area is 135 Å². The molecule has 0 unspecified atom stereocenters. The van der Waals surface area contributed by atoms with Gasteiger partial charge in [0, 0.05) is 18.0 Å². The van der Waals surface area contributed by atoms with E-state index in [-0.39, 0.29) is 12.3 Å². The van der Waals surface area contributed by atoms with Gasteiger partial charge in [-0.15, -0.1) is 0 Å². The highest BCUT2D eigenvalue weighted by Crippen LogP contribution is 2.23. The van der Waals surface area contributed by atoms with E-state index in [9.17, 15) is 4.79 Å². The van der Waals surface area contributed by atoms with Gasteiger partial charge in [-0.1, -0.05) is 37.3 Å². The average Bonchev–Trinajstić information content (AvgIpc) is 2.97. The van der Waals surface area contributed by atoms with E-state index in [4.69, 9.17) is 4.42 Å². The minimum atomic E-state index is -0.0707. The van der Waals surface area contributed by atoms with Crippen molar-refractivity contribution in [1.29, 1.82) is 0 Å². The fourth-order valence-corrected chi connectivity index (χ4v) is 2.60.